The maximum absolute atomic E-state index is 11.9. The molecule has 0 bridgehead atoms. The number of carbonyl (C=O) groups excluding carboxylic acids is 1. The molecule has 4 nitrogen and oxygen atoms in total. The lowest BCUT2D eigenvalue weighted by Gasteiger charge is -2.37. The lowest BCUT2D eigenvalue weighted by molar-refractivity contribution is -0.122. The van der Waals surface area contributed by atoms with Gasteiger partial charge >= 0.3 is 0 Å². The summed E-state index contributed by atoms with van der Waals surface area (Å²) in [5.74, 6) is 0.922. The van der Waals surface area contributed by atoms with E-state index in [1.165, 1.54) is 0 Å². The van der Waals surface area contributed by atoms with Gasteiger partial charge in [0.25, 0.3) is 0 Å². The minimum atomic E-state index is -0.264. The van der Waals surface area contributed by atoms with Crippen molar-refractivity contribution in [1.29, 1.82) is 0 Å². The molecule has 0 fully saturated rings. The fourth-order valence-electron chi connectivity index (χ4n) is 2.46. The molecule has 1 heterocycles. The van der Waals surface area contributed by atoms with Gasteiger partial charge in [-0.3, -0.25) is 4.79 Å². The molecular weight excluding hydrogens is 240 g/mol. The third kappa shape index (κ3) is 3.47. The third-order valence-electron chi connectivity index (χ3n) is 3.32. The van der Waals surface area contributed by atoms with Crippen LogP contribution in [0.4, 0.5) is 0 Å². The van der Waals surface area contributed by atoms with Crippen LogP contribution in [0.1, 0.15) is 44.7 Å². The molecule has 0 aromatic heterocycles. The number of fused-ring (bicyclic) bond motifs is 1. The average Bonchev–Trinajstić information content (AvgIpc) is 2.35. The first kappa shape index (κ1) is 13.9. The summed E-state index contributed by atoms with van der Waals surface area (Å²) in [6, 6.07) is 7.91. The van der Waals surface area contributed by atoms with Gasteiger partial charge in [0.2, 0.25) is 5.91 Å². The lowest BCUT2D eigenvalue weighted by Crippen LogP contribution is -2.41. The van der Waals surface area contributed by atoms with Crippen LogP contribution in [0.3, 0.4) is 0 Å². The van der Waals surface area contributed by atoms with E-state index in [9.17, 15) is 4.79 Å². The van der Waals surface area contributed by atoms with E-state index in [2.05, 4.69) is 5.32 Å². The van der Waals surface area contributed by atoms with Crippen molar-refractivity contribution in [3.8, 4) is 5.75 Å². The first-order valence-corrected chi connectivity index (χ1v) is 6.79. The van der Waals surface area contributed by atoms with Gasteiger partial charge in [-0.25, -0.2) is 0 Å². The Morgan fingerprint density at radius 2 is 2.21 bits per heavy atom. The van der Waals surface area contributed by atoms with Gasteiger partial charge in [-0.1, -0.05) is 18.2 Å². The van der Waals surface area contributed by atoms with Crippen LogP contribution in [-0.2, 0) is 4.79 Å². The summed E-state index contributed by atoms with van der Waals surface area (Å²) < 4.78 is 5.94. The van der Waals surface area contributed by atoms with Crippen molar-refractivity contribution in [1.82, 2.24) is 5.32 Å². The Hall–Kier alpha value is -1.55. The van der Waals surface area contributed by atoms with E-state index in [1.54, 1.807) is 0 Å². The average molecular weight is 262 g/mol. The number of para-hydroxylation sites is 1. The van der Waals surface area contributed by atoms with Crippen LogP contribution in [0.5, 0.6) is 5.75 Å². The minimum Gasteiger partial charge on any atom is -0.487 e. The highest BCUT2D eigenvalue weighted by Crippen LogP contribution is 2.39. The number of benzene rings is 1. The van der Waals surface area contributed by atoms with E-state index >= 15 is 0 Å². The molecule has 3 N–H and O–H groups in total. The van der Waals surface area contributed by atoms with Crippen LogP contribution >= 0.6 is 0 Å². The summed E-state index contributed by atoms with van der Waals surface area (Å²) in [6.07, 6.45) is 1.98. The number of nitrogens with two attached hydrogens (primary N) is 1. The molecule has 1 aromatic carbocycles. The van der Waals surface area contributed by atoms with Crippen LogP contribution in [0.2, 0.25) is 0 Å². The van der Waals surface area contributed by atoms with Gasteiger partial charge in [-0.05, 0) is 32.9 Å². The zero-order valence-corrected chi connectivity index (χ0v) is 11.6. The standard InChI is InChI=1S/C15H22N2O2/c1-15(2)10-12(17-14(18)8-5-9-16)11-6-3-4-7-13(11)19-15/h3-4,6-7,12H,5,8-10,16H2,1-2H3,(H,17,18). The fourth-order valence-corrected chi connectivity index (χ4v) is 2.46. The van der Waals surface area contributed by atoms with Crippen molar-refractivity contribution < 1.29 is 9.53 Å². The first-order valence-electron chi connectivity index (χ1n) is 6.79. The van der Waals surface area contributed by atoms with Gasteiger partial charge in [0, 0.05) is 18.4 Å². The molecule has 1 aliphatic heterocycles. The summed E-state index contributed by atoms with van der Waals surface area (Å²) in [5.41, 5.74) is 6.22. The second-order valence-corrected chi connectivity index (χ2v) is 5.62. The number of carbonyl (C=O) groups is 1. The van der Waals surface area contributed by atoms with E-state index < -0.39 is 0 Å². The van der Waals surface area contributed by atoms with E-state index in [-0.39, 0.29) is 17.6 Å². The van der Waals surface area contributed by atoms with Crippen molar-refractivity contribution in [2.75, 3.05) is 6.54 Å². The summed E-state index contributed by atoms with van der Waals surface area (Å²) >= 11 is 0. The lowest BCUT2D eigenvalue weighted by atomic mass is 9.89. The quantitative estimate of drug-likeness (QED) is 0.873. The van der Waals surface area contributed by atoms with Gasteiger partial charge in [0.15, 0.2) is 0 Å². The molecular formula is C15H22N2O2. The number of rotatable bonds is 4. The number of ether oxygens (including phenoxy) is 1. The molecule has 1 aliphatic rings. The zero-order chi connectivity index (χ0) is 13.9. The molecule has 0 aliphatic carbocycles. The smallest absolute Gasteiger partial charge is 0.220 e. The Bertz CT molecular complexity index is 457. The van der Waals surface area contributed by atoms with Crippen molar-refractivity contribution in [2.24, 2.45) is 5.73 Å². The van der Waals surface area contributed by atoms with E-state index in [4.69, 9.17) is 10.5 Å². The van der Waals surface area contributed by atoms with E-state index in [1.807, 2.05) is 38.1 Å². The predicted octanol–water partition coefficient (Wildman–Crippen LogP) is 2.14. The monoisotopic (exact) mass is 262 g/mol. The van der Waals surface area contributed by atoms with E-state index in [0.717, 1.165) is 24.2 Å². The van der Waals surface area contributed by atoms with Crippen LogP contribution in [0, 0.1) is 0 Å². The number of hydrogen-bond acceptors (Lipinski definition) is 3. The highest BCUT2D eigenvalue weighted by atomic mass is 16.5. The Morgan fingerprint density at radius 3 is 2.95 bits per heavy atom. The summed E-state index contributed by atoms with van der Waals surface area (Å²) in [7, 11) is 0. The number of nitrogens with one attached hydrogen (secondary N) is 1. The van der Waals surface area contributed by atoms with Crippen LogP contribution in [0.15, 0.2) is 24.3 Å². The van der Waals surface area contributed by atoms with Gasteiger partial charge in [0.05, 0.1) is 6.04 Å². The van der Waals surface area contributed by atoms with Crippen molar-refractivity contribution in [3.63, 3.8) is 0 Å². The molecule has 1 aromatic rings. The second-order valence-electron chi connectivity index (χ2n) is 5.62. The van der Waals surface area contributed by atoms with Crippen molar-refractivity contribution in [2.45, 2.75) is 44.8 Å². The summed E-state index contributed by atoms with van der Waals surface area (Å²) in [5, 5.41) is 3.09. The fraction of sp³-hybridized carbons (Fsp3) is 0.533. The SMILES string of the molecule is CC1(C)CC(NC(=O)CCCN)c2ccccc2O1. The van der Waals surface area contributed by atoms with Crippen molar-refractivity contribution in [3.05, 3.63) is 29.8 Å². The van der Waals surface area contributed by atoms with Gasteiger partial charge in [-0.15, -0.1) is 0 Å². The molecule has 4 heteroatoms. The molecule has 0 radical (unpaired) electrons. The van der Waals surface area contributed by atoms with Gasteiger partial charge in [0.1, 0.15) is 11.4 Å². The molecule has 19 heavy (non-hydrogen) atoms. The third-order valence-corrected chi connectivity index (χ3v) is 3.32. The van der Waals surface area contributed by atoms with Crippen LogP contribution in [0.25, 0.3) is 0 Å². The Balaban J connectivity index is 2.13. The normalized spacial score (nSPS) is 20.3. The molecule has 2 rings (SSSR count). The zero-order valence-electron chi connectivity index (χ0n) is 11.6. The predicted molar refractivity (Wildman–Crippen MR) is 74.9 cm³/mol. The molecule has 0 saturated heterocycles. The highest BCUT2D eigenvalue weighted by molar-refractivity contribution is 5.76. The first-order chi connectivity index (χ1) is 9.02. The highest BCUT2D eigenvalue weighted by Gasteiger charge is 2.34. The topological polar surface area (TPSA) is 64.4 Å². The molecule has 1 atom stereocenters. The van der Waals surface area contributed by atoms with Crippen LogP contribution < -0.4 is 15.8 Å². The largest absolute Gasteiger partial charge is 0.487 e. The van der Waals surface area contributed by atoms with Gasteiger partial charge in [-0.2, -0.15) is 0 Å². The maximum atomic E-state index is 11.9. The van der Waals surface area contributed by atoms with Crippen LogP contribution in [-0.4, -0.2) is 18.1 Å². The Morgan fingerprint density at radius 1 is 1.47 bits per heavy atom. The summed E-state index contributed by atoms with van der Waals surface area (Å²) in [4.78, 5) is 11.9. The Kier molecular flexibility index (Phi) is 4.10. The second kappa shape index (κ2) is 5.61. The molecule has 1 amide bonds. The Labute approximate surface area is 114 Å². The number of amides is 1. The molecule has 0 spiro atoms. The minimum absolute atomic E-state index is 0.0187. The molecule has 104 valence electrons. The molecule has 1 unspecified atom stereocenters. The van der Waals surface area contributed by atoms with Crippen molar-refractivity contribution >= 4 is 5.91 Å². The van der Waals surface area contributed by atoms with Gasteiger partial charge < -0.3 is 15.8 Å². The molecule has 0 saturated carbocycles. The number of hydrogen-bond donors (Lipinski definition) is 2. The van der Waals surface area contributed by atoms with E-state index in [0.29, 0.717) is 13.0 Å². The summed E-state index contributed by atoms with van der Waals surface area (Å²) in [6.45, 7) is 4.63. The maximum Gasteiger partial charge on any atom is 0.220 e.